The van der Waals surface area contributed by atoms with Crippen molar-refractivity contribution >= 4 is 55.0 Å². The van der Waals surface area contributed by atoms with Gasteiger partial charge in [0.2, 0.25) is 0 Å². The molecule has 20 heavy (non-hydrogen) atoms. The van der Waals surface area contributed by atoms with Crippen molar-refractivity contribution in [2.75, 3.05) is 5.75 Å². The molecule has 1 aliphatic rings. The van der Waals surface area contributed by atoms with E-state index in [-0.39, 0.29) is 11.9 Å². The summed E-state index contributed by atoms with van der Waals surface area (Å²) in [5.74, 6) is 0.924. The summed E-state index contributed by atoms with van der Waals surface area (Å²) in [6.45, 7) is 0.806. The number of benzene rings is 1. The Kier molecular flexibility index (Phi) is 4.87. The second-order valence-corrected chi connectivity index (χ2v) is 9.03. The molecule has 1 aromatic heterocycles. The van der Waals surface area contributed by atoms with Crippen LogP contribution in [0.15, 0.2) is 37.4 Å². The molecule has 1 atom stereocenters. The summed E-state index contributed by atoms with van der Waals surface area (Å²) in [4.78, 5) is 2.46. The molecule has 0 aliphatic carbocycles. The number of thiophene rings is 1. The van der Waals surface area contributed by atoms with Crippen LogP contribution in [-0.4, -0.2) is 5.75 Å². The van der Waals surface area contributed by atoms with Crippen LogP contribution in [0.4, 0.5) is 4.39 Å². The first-order valence-corrected chi connectivity index (χ1v) is 9.61. The van der Waals surface area contributed by atoms with E-state index in [0.29, 0.717) is 0 Å². The maximum absolute atomic E-state index is 13.4. The van der Waals surface area contributed by atoms with E-state index in [0.717, 1.165) is 32.5 Å². The summed E-state index contributed by atoms with van der Waals surface area (Å²) < 4.78 is 15.6. The molecule has 0 saturated heterocycles. The molecule has 1 nitrogen and oxygen atoms in total. The third-order valence-electron chi connectivity index (χ3n) is 3.23. The number of thioether (sulfide) groups is 1. The molecule has 3 rings (SSSR count). The van der Waals surface area contributed by atoms with Gasteiger partial charge in [0, 0.05) is 26.8 Å². The summed E-state index contributed by atoms with van der Waals surface area (Å²) in [5, 5.41) is 3.55. The highest BCUT2D eigenvalue weighted by atomic mass is 79.9. The largest absolute Gasteiger partial charge is 0.305 e. The Morgan fingerprint density at radius 1 is 1.30 bits per heavy atom. The molecule has 1 N–H and O–H groups in total. The van der Waals surface area contributed by atoms with E-state index in [1.807, 2.05) is 17.8 Å². The van der Waals surface area contributed by atoms with Crippen LogP contribution in [-0.2, 0) is 6.54 Å². The van der Waals surface area contributed by atoms with Crippen molar-refractivity contribution < 1.29 is 4.39 Å². The SMILES string of the molecule is Fc1ccc2c(c1)C(NCc1cc(Br)c(Br)s1)CCS2. The summed E-state index contributed by atoms with van der Waals surface area (Å²) >= 11 is 10.5. The van der Waals surface area contributed by atoms with Crippen molar-refractivity contribution in [2.24, 2.45) is 0 Å². The molecule has 106 valence electrons. The second kappa shape index (κ2) is 6.48. The fourth-order valence-corrected chi connectivity index (χ4v) is 5.51. The second-order valence-electron chi connectivity index (χ2n) is 4.59. The molecule has 2 aromatic rings. The molecule has 0 bridgehead atoms. The van der Waals surface area contributed by atoms with Crippen molar-refractivity contribution in [1.82, 2.24) is 5.32 Å². The highest BCUT2D eigenvalue weighted by Crippen LogP contribution is 2.37. The molecule has 1 aliphatic heterocycles. The maximum Gasteiger partial charge on any atom is 0.123 e. The highest BCUT2D eigenvalue weighted by molar-refractivity contribution is 9.13. The smallest absolute Gasteiger partial charge is 0.123 e. The van der Waals surface area contributed by atoms with E-state index < -0.39 is 0 Å². The van der Waals surface area contributed by atoms with E-state index in [1.54, 1.807) is 23.5 Å². The average Bonchev–Trinajstić information content (AvgIpc) is 2.75. The van der Waals surface area contributed by atoms with Crippen LogP contribution in [0.3, 0.4) is 0 Å². The van der Waals surface area contributed by atoms with Crippen LogP contribution in [0.25, 0.3) is 0 Å². The third-order valence-corrected chi connectivity index (χ3v) is 7.61. The molecule has 0 fully saturated rings. The van der Waals surface area contributed by atoms with Gasteiger partial charge in [0.15, 0.2) is 0 Å². The van der Waals surface area contributed by atoms with Crippen LogP contribution in [0.2, 0.25) is 0 Å². The molecule has 1 unspecified atom stereocenters. The quantitative estimate of drug-likeness (QED) is 0.658. The minimum atomic E-state index is -0.153. The third kappa shape index (κ3) is 3.30. The molecule has 2 heterocycles. The van der Waals surface area contributed by atoms with Crippen molar-refractivity contribution in [3.63, 3.8) is 0 Å². The number of hydrogen-bond acceptors (Lipinski definition) is 3. The van der Waals surface area contributed by atoms with Gasteiger partial charge in [-0.1, -0.05) is 0 Å². The zero-order valence-electron chi connectivity index (χ0n) is 10.5. The van der Waals surface area contributed by atoms with Gasteiger partial charge in [0.1, 0.15) is 5.82 Å². The molecule has 1 aromatic carbocycles. The Morgan fingerprint density at radius 2 is 2.15 bits per heavy atom. The standard InChI is InChI=1S/C14H12Br2FNS2/c15-11-6-9(20-14(11)16)7-18-12-3-4-19-13-2-1-8(17)5-10(12)13/h1-2,5-6,12,18H,3-4,7H2. The first-order chi connectivity index (χ1) is 9.63. The van der Waals surface area contributed by atoms with E-state index in [2.05, 4.69) is 43.2 Å². The first kappa shape index (κ1) is 15.0. The lowest BCUT2D eigenvalue weighted by Gasteiger charge is -2.26. The lowest BCUT2D eigenvalue weighted by atomic mass is 10.0. The number of nitrogens with one attached hydrogen (secondary N) is 1. The lowest BCUT2D eigenvalue weighted by molar-refractivity contribution is 0.507. The highest BCUT2D eigenvalue weighted by Gasteiger charge is 2.21. The minimum Gasteiger partial charge on any atom is -0.305 e. The number of halogens is 3. The summed E-state index contributed by atoms with van der Waals surface area (Å²) in [6, 6.07) is 7.45. The number of fused-ring (bicyclic) bond motifs is 1. The predicted molar refractivity (Wildman–Crippen MR) is 91.0 cm³/mol. The molecule has 0 radical (unpaired) electrons. The summed E-state index contributed by atoms with van der Waals surface area (Å²) in [5.41, 5.74) is 1.09. The molecular weight excluding hydrogens is 425 g/mol. The average molecular weight is 437 g/mol. The Labute approximate surface area is 142 Å². The van der Waals surface area contributed by atoms with E-state index in [9.17, 15) is 4.39 Å². The van der Waals surface area contributed by atoms with E-state index in [4.69, 9.17) is 0 Å². The van der Waals surface area contributed by atoms with Gasteiger partial charge in [-0.2, -0.15) is 0 Å². The van der Waals surface area contributed by atoms with Crippen LogP contribution in [0, 0.1) is 5.82 Å². The van der Waals surface area contributed by atoms with Crippen molar-refractivity contribution in [3.8, 4) is 0 Å². The normalized spacial score (nSPS) is 18.1. The van der Waals surface area contributed by atoms with Crippen molar-refractivity contribution in [2.45, 2.75) is 23.9 Å². The zero-order chi connectivity index (χ0) is 14.1. The van der Waals surface area contributed by atoms with Gasteiger partial charge in [-0.25, -0.2) is 4.39 Å². The van der Waals surface area contributed by atoms with Crippen LogP contribution in [0.5, 0.6) is 0 Å². The number of hydrogen-bond donors (Lipinski definition) is 1. The van der Waals surface area contributed by atoms with Gasteiger partial charge < -0.3 is 5.32 Å². The van der Waals surface area contributed by atoms with Gasteiger partial charge >= 0.3 is 0 Å². The van der Waals surface area contributed by atoms with Gasteiger partial charge in [-0.3, -0.25) is 0 Å². The number of rotatable bonds is 3. The van der Waals surface area contributed by atoms with Crippen molar-refractivity contribution in [3.05, 3.63) is 48.8 Å². The van der Waals surface area contributed by atoms with E-state index >= 15 is 0 Å². The fourth-order valence-electron chi connectivity index (χ4n) is 2.28. The van der Waals surface area contributed by atoms with E-state index in [1.165, 1.54) is 9.77 Å². The lowest BCUT2D eigenvalue weighted by Crippen LogP contribution is -2.24. The Bertz CT molecular complexity index is 610. The molecule has 6 heteroatoms. The minimum absolute atomic E-state index is 0.153. The summed E-state index contributed by atoms with van der Waals surface area (Å²) in [6.07, 6.45) is 1.04. The molecular formula is C14H12Br2FNS2. The Hall–Kier alpha value is 0.120. The van der Waals surface area contributed by atoms with Crippen LogP contribution < -0.4 is 5.32 Å². The zero-order valence-corrected chi connectivity index (χ0v) is 15.3. The van der Waals surface area contributed by atoms with Gasteiger partial charge in [0.05, 0.1) is 3.79 Å². The monoisotopic (exact) mass is 435 g/mol. The predicted octanol–water partition coefficient (Wildman–Crippen LogP) is 5.74. The Morgan fingerprint density at radius 3 is 2.90 bits per heavy atom. The van der Waals surface area contributed by atoms with Crippen LogP contribution >= 0.6 is 55.0 Å². The molecule has 0 amide bonds. The Balaban J connectivity index is 1.74. The van der Waals surface area contributed by atoms with Gasteiger partial charge in [-0.15, -0.1) is 23.1 Å². The molecule has 0 spiro atoms. The maximum atomic E-state index is 13.4. The topological polar surface area (TPSA) is 12.0 Å². The van der Waals surface area contributed by atoms with Gasteiger partial charge in [-0.05, 0) is 73.9 Å². The van der Waals surface area contributed by atoms with Crippen molar-refractivity contribution in [1.29, 1.82) is 0 Å². The fraction of sp³-hybridized carbons (Fsp3) is 0.286. The first-order valence-electron chi connectivity index (χ1n) is 6.23. The summed E-state index contributed by atoms with van der Waals surface area (Å²) in [7, 11) is 0. The molecule has 0 saturated carbocycles. The van der Waals surface area contributed by atoms with Crippen LogP contribution in [0.1, 0.15) is 22.9 Å². The van der Waals surface area contributed by atoms with Gasteiger partial charge in [0.25, 0.3) is 0 Å².